The van der Waals surface area contributed by atoms with Gasteiger partial charge in [-0.2, -0.15) is 0 Å². The van der Waals surface area contributed by atoms with Gasteiger partial charge in [0.1, 0.15) is 48.8 Å². The van der Waals surface area contributed by atoms with Crippen LogP contribution in [0.1, 0.15) is 100 Å². The van der Waals surface area contributed by atoms with Gasteiger partial charge in [-0.05, 0) is 69.2 Å². The smallest absolute Gasteiger partial charge is 0.316 e. The van der Waals surface area contributed by atoms with Crippen molar-refractivity contribution in [1.82, 2.24) is 0 Å². The summed E-state index contributed by atoms with van der Waals surface area (Å²) in [6.07, 6.45) is 10.7. The SMILES string of the molecule is CCCC(C)[C@H]1O[C@]2(C=C[C@@H]1C)C[C@@H]1C[C@@H](CC=C(C)[C@@H](OC3C[C@H](OC)[C@@H](O[C@H]4C[C@H](OC)C(OCOC)[C@H](C)O4)[C@H](C)O3)C(C)C=CC=C3CO[C@@H]4[C@H](O)C(C)=C[C@@H](C(=O)O1)[C@]34O)O2. The Hall–Kier alpha value is -2.35. The first-order chi connectivity index (χ1) is 31.5. The molecule has 0 amide bonds. The highest BCUT2D eigenvalue weighted by molar-refractivity contribution is 5.78. The van der Waals surface area contributed by atoms with Crippen LogP contribution in [0, 0.1) is 23.7 Å². The second kappa shape index (κ2) is 22.2. The van der Waals surface area contributed by atoms with Crippen molar-refractivity contribution >= 4 is 5.97 Å². The lowest BCUT2D eigenvalue weighted by molar-refractivity contribution is -0.323. The zero-order chi connectivity index (χ0) is 47.5. The van der Waals surface area contributed by atoms with Crippen LogP contribution in [0.5, 0.6) is 0 Å². The summed E-state index contributed by atoms with van der Waals surface area (Å²) in [5.74, 6) is -2.54. The van der Waals surface area contributed by atoms with Gasteiger partial charge in [0.05, 0.1) is 49.3 Å². The molecule has 15 heteroatoms. The van der Waals surface area contributed by atoms with Gasteiger partial charge >= 0.3 is 5.97 Å². The highest BCUT2D eigenvalue weighted by Gasteiger charge is 2.60. The van der Waals surface area contributed by atoms with Crippen molar-refractivity contribution in [2.24, 2.45) is 23.7 Å². The van der Waals surface area contributed by atoms with E-state index in [9.17, 15) is 15.0 Å². The summed E-state index contributed by atoms with van der Waals surface area (Å²) < 4.78 is 75.7. The highest BCUT2D eigenvalue weighted by atomic mass is 16.7. The largest absolute Gasteiger partial charge is 0.462 e. The van der Waals surface area contributed by atoms with Gasteiger partial charge in [-0.25, -0.2) is 0 Å². The Balaban J connectivity index is 1.16. The lowest BCUT2D eigenvalue weighted by atomic mass is 9.71. The van der Waals surface area contributed by atoms with Crippen molar-refractivity contribution in [3.8, 4) is 0 Å². The van der Waals surface area contributed by atoms with E-state index < -0.39 is 72.5 Å². The van der Waals surface area contributed by atoms with E-state index in [4.69, 9.17) is 56.8 Å². The lowest BCUT2D eigenvalue weighted by Crippen LogP contribution is -2.58. The predicted molar refractivity (Wildman–Crippen MR) is 243 cm³/mol. The number of aliphatic hydroxyl groups excluding tert-OH is 1. The fraction of sp³-hybridized carbons (Fsp3) is 0.784. The molecule has 0 radical (unpaired) electrons. The quantitative estimate of drug-likeness (QED) is 0.125. The van der Waals surface area contributed by atoms with Crippen LogP contribution in [0.2, 0.25) is 0 Å². The van der Waals surface area contributed by atoms with Gasteiger partial charge in [0.25, 0.3) is 0 Å². The summed E-state index contributed by atoms with van der Waals surface area (Å²) in [7, 11) is 4.90. The number of allylic oxidation sites excluding steroid dienone is 2. The van der Waals surface area contributed by atoms with Crippen LogP contribution >= 0.6 is 0 Å². The minimum absolute atomic E-state index is 0.0336. The van der Waals surface area contributed by atoms with Gasteiger partial charge in [-0.15, -0.1) is 0 Å². The molecule has 2 bridgehead atoms. The average molecular weight is 931 g/mol. The maximum absolute atomic E-state index is 14.4. The molecule has 4 fully saturated rings. The zero-order valence-corrected chi connectivity index (χ0v) is 41.0. The minimum Gasteiger partial charge on any atom is -0.462 e. The van der Waals surface area contributed by atoms with E-state index in [1.165, 1.54) is 0 Å². The summed E-state index contributed by atoms with van der Waals surface area (Å²) in [6, 6.07) is 0. The maximum atomic E-state index is 14.4. The van der Waals surface area contributed by atoms with E-state index in [1.54, 1.807) is 40.4 Å². The van der Waals surface area contributed by atoms with Crippen molar-refractivity contribution in [3.63, 3.8) is 0 Å². The molecule has 15 nitrogen and oxygen atoms in total. The number of rotatable bonds is 12. The molecule has 7 rings (SSSR count). The molecule has 1 aliphatic carbocycles. The van der Waals surface area contributed by atoms with Crippen LogP contribution in [0.4, 0.5) is 0 Å². The average Bonchev–Trinajstić information content (AvgIpc) is 3.62. The molecular weight excluding hydrogens is 853 g/mol. The third-order valence-corrected chi connectivity index (χ3v) is 14.9. The molecule has 66 heavy (non-hydrogen) atoms. The van der Waals surface area contributed by atoms with E-state index >= 15 is 0 Å². The molecule has 4 unspecified atom stereocenters. The van der Waals surface area contributed by atoms with Crippen molar-refractivity contribution in [2.75, 3.05) is 34.7 Å². The molecule has 1 spiro atoms. The molecule has 0 aromatic heterocycles. The number of hydrogen-bond acceptors (Lipinski definition) is 15. The number of hydrogen-bond donors (Lipinski definition) is 2. The molecule has 7 aliphatic rings. The van der Waals surface area contributed by atoms with E-state index in [1.807, 2.05) is 32.1 Å². The predicted octanol–water partition coefficient (Wildman–Crippen LogP) is 6.40. The van der Waals surface area contributed by atoms with Crippen LogP contribution in [0.3, 0.4) is 0 Å². The Bertz CT molecular complexity index is 1800. The topological polar surface area (TPSA) is 168 Å². The summed E-state index contributed by atoms with van der Waals surface area (Å²) in [5, 5.41) is 23.8. The van der Waals surface area contributed by atoms with Gasteiger partial charge in [-0.3, -0.25) is 4.79 Å². The Morgan fingerprint density at radius 3 is 2.27 bits per heavy atom. The van der Waals surface area contributed by atoms with Gasteiger partial charge in [0, 0.05) is 58.8 Å². The molecule has 2 N–H and O–H groups in total. The minimum atomic E-state index is -1.84. The van der Waals surface area contributed by atoms with E-state index in [-0.39, 0.29) is 67.8 Å². The molecule has 0 aromatic rings. The number of carbonyl (C=O) groups excluding carboxylic acids is 1. The Morgan fingerprint density at radius 1 is 0.879 bits per heavy atom. The molecule has 20 atom stereocenters. The second-order valence-electron chi connectivity index (χ2n) is 19.9. The Labute approximate surface area is 392 Å². The second-order valence-corrected chi connectivity index (χ2v) is 19.9. The van der Waals surface area contributed by atoms with Crippen molar-refractivity contribution in [3.05, 3.63) is 59.3 Å². The molecule has 372 valence electrons. The first kappa shape index (κ1) is 51.5. The molecule has 0 saturated carbocycles. The normalized spacial score (nSPS) is 44.8. The standard InChI is InChI=1S/C51H78O15/c1-12-14-28(2)45-31(5)19-20-50(66-45)25-37-22-36(65-50)18-17-30(4)44(29(3)15-13-16-35-26-58-48-43(52)32(6)21-38(49(53)62-37)51(35,48)54)63-41-24-40(57-11)47(34(8)61-41)64-42-23-39(56-10)46(33(7)60-42)59-27-55-9/h13,15-17,19-21,28-29,31,33-34,36-48,52,54H,12,14,18,22-27H2,1-11H3/t28?,29?,31-,33-,34-,36+,37-,38-,39-,40-,41?,42-,43+,44-,45+,46?,47-,48+,50+,51+/m0/s1. The number of esters is 1. The molecular formula is C51H78O15. The number of methoxy groups -OCH3 is 3. The van der Waals surface area contributed by atoms with Crippen LogP contribution in [0.15, 0.2) is 59.3 Å². The molecule has 4 saturated heterocycles. The summed E-state index contributed by atoms with van der Waals surface area (Å²) in [4.78, 5) is 14.4. The molecule has 0 aromatic carbocycles. The van der Waals surface area contributed by atoms with Crippen LogP contribution in [0.25, 0.3) is 0 Å². The molecule has 6 heterocycles. The van der Waals surface area contributed by atoms with Crippen molar-refractivity contribution < 1.29 is 71.8 Å². The third-order valence-electron chi connectivity index (χ3n) is 14.9. The number of fused-ring (bicyclic) bond motifs is 2. The van der Waals surface area contributed by atoms with Crippen LogP contribution < -0.4 is 0 Å². The number of carbonyl (C=O) groups is 1. The lowest BCUT2D eigenvalue weighted by Gasteiger charge is -2.48. The van der Waals surface area contributed by atoms with E-state index in [0.717, 1.165) is 18.4 Å². The summed E-state index contributed by atoms with van der Waals surface area (Å²) in [6.45, 7) is 16.5. The van der Waals surface area contributed by atoms with Crippen molar-refractivity contribution in [1.29, 1.82) is 0 Å². The highest BCUT2D eigenvalue weighted by Crippen LogP contribution is 2.47. The summed E-state index contributed by atoms with van der Waals surface area (Å²) >= 11 is 0. The zero-order valence-electron chi connectivity index (χ0n) is 41.0. The van der Waals surface area contributed by atoms with Crippen molar-refractivity contribution in [2.45, 2.75) is 198 Å². The maximum Gasteiger partial charge on any atom is 0.316 e. The van der Waals surface area contributed by atoms with Crippen LogP contribution in [-0.4, -0.2) is 148 Å². The van der Waals surface area contributed by atoms with Gasteiger partial charge in [-0.1, -0.05) is 70.6 Å². The Morgan fingerprint density at radius 2 is 1.58 bits per heavy atom. The number of aliphatic hydroxyl groups is 2. The monoisotopic (exact) mass is 931 g/mol. The van der Waals surface area contributed by atoms with E-state index in [2.05, 4.69) is 46.8 Å². The van der Waals surface area contributed by atoms with Gasteiger partial charge in [0.15, 0.2) is 18.4 Å². The molecule has 6 aliphatic heterocycles. The number of ether oxygens (including phenoxy) is 12. The van der Waals surface area contributed by atoms with Crippen LogP contribution in [-0.2, 0) is 61.6 Å². The Kier molecular flexibility index (Phi) is 17.3. The third kappa shape index (κ3) is 11.0. The fourth-order valence-electron chi connectivity index (χ4n) is 11.3. The van der Waals surface area contributed by atoms with Gasteiger partial charge in [0.2, 0.25) is 0 Å². The summed E-state index contributed by atoms with van der Waals surface area (Å²) in [5.41, 5.74) is 0.148. The van der Waals surface area contributed by atoms with E-state index in [0.29, 0.717) is 43.3 Å². The van der Waals surface area contributed by atoms with Gasteiger partial charge < -0.3 is 67.1 Å². The first-order valence-corrected chi connectivity index (χ1v) is 24.3. The first-order valence-electron chi connectivity index (χ1n) is 24.3. The fourth-order valence-corrected chi connectivity index (χ4v) is 11.3.